The Labute approximate surface area is 101 Å². The molecular weight excluding hydrogens is 224 g/mol. The Morgan fingerprint density at radius 2 is 2.19 bits per heavy atom. The maximum Gasteiger partial charge on any atom is 0.337 e. The molecule has 1 aliphatic heterocycles. The summed E-state index contributed by atoms with van der Waals surface area (Å²) in [5.74, 6) is -0.263. The standard InChI is InChI=1S/C11H18N2O2S/c1-4-6-8-9(10(14)15-5-2)7(3)12-11(16)13-8/h8H,4-6H2,1-3H3,(H2,12,13,16)/t8-/m1/s1. The highest BCUT2D eigenvalue weighted by molar-refractivity contribution is 7.80. The first-order chi connectivity index (χ1) is 7.60. The van der Waals surface area contributed by atoms with Crippen molar-refractivity contribution in [2.75, 3.05) is 6.61 Å². The van der Waals surface area contributed by atoms with E-state index in [0.29, 0.717) is 17.3 Å². The smallest absolute Gasteiger partial charge is 0.337 e. The van der Waals surface area contributed by atoms with Crippen molar-refractivity contribution in [2.24, 2.45) is 0 Å². The van der Waals surface area contributed by atoms with Crippen LogP contribution in [0.4, 0.5) is 0 Å². The lowest BCUT2D eigenvalue weighted by atomic mass is 9.99. The molecule has 1 heterocycles. The summed E-state index contributed by atoms with van der Waals surface area (Å²) >= 11 is 5.07. The molecule has 0 fully saturated rings. The summed E-state index contributed by atoms with van der Waals surface area (Å²) in [6.07, 6.45) is 1.85. The molecule has 0 aromatic heterocycles. The van der Waals surface area contributed by atoms with E-state index in [0.717, 1.165) is 18.5 Å². The largest absolute Gasteiger partial charge is 0.463 e. The molecule has 1 rings (SSSR count). The predicted molar refractivity (Wildman–Crippen MR) is 66.9 cm³/mol. The lowest BCUT2D eigenvalue weighted by molar-refractivity contribution is -0.139. The Morgan fingerprint density at radius 3 is 2.75 bits per heavy atom. The summed E-state index contributed by atoms with van der Waals surface area (Å²) in [5, 5.41) is 6.63. The molecule has 90 valence electrons. The Hall–Kier alpha value is -1.10. The maximum absolute atomic E-state index is 11.8. The minimum Gasteiger partial charge on any atom is -0.463 e. The molecule has 5 heteroatoms. The van der Waals surface area contributed by atoms with Crippen LogP contribution in [0.25, 0.3) is 0 Å². The third-order valence-electron chi connectivity index (χ3n) is 2.43. The molecule has 1 atom stereocenters. The summed E-state index contributed by atoms with van der Waals surface area (Å²) in [6, 6.07) is -0.0298. The first-order valence-corrected chi connectivity index (χ1v) is 5.96. The molecular formula is C11H18N2O2S. The normalized spacial score (nSPS) is 20.2. The highest BCUT2D eigenvalue weighted by atomic mass is 32.1. The van der Waals surface area contributed by atoms with E-state index in [9.17, 15) is 4.79 Å². The summed E-state index contributed by atoms with van der Waals surface area (Å²) < 4.78 is 5.04. The number of hydrogen-bond acceptors (Lipinski definition) is 3. The Morgan fingerprint density at radius 1 is 1.50 bits per heavy atom. The number of thiocarbonyl (C=S) groups is 1. The predicted octanol–water partition coefficient (Wildman–Crippen LogP) is 1.47. The molecule has 0 bridgehead atoms. The fourth-order valence-corrected chi connectivity index (χ4v) is 2.07. The van der Waals surface area contributed by atoms with Gasteiger partial charge in [0.2, 0.25) is 0 Å². The van der Waals surface area contributed by atoms with Crippen LogP contribution in [-0.2, 0) is 9.53 Å². The molecule has 0 aromatic rings. The van der Waals surface area contributed by atoms with E-state index >= 15 is 0 Å². The highest BCUT2D eigenvalue weighted by Gasteiger charge is 2.28. The summed E-state index contributed by atoms with van der Waals surface area (Å²) in [7, 11) is 0. The van der Waals surface area contributed by atoms with Gasteiger partial charge in [-0.1, -0.05) is 13.3 Å². The van der Waals surface area contributed by atoms with Gasteiger partial charge in [0, 0.05) is 5.70 Å². The van der Waals surface area contributed by atoms with E-state index in [4.69, 9.17) is 17.0 Å². The van der Waals surface area contributed by atoms with Crippen LogP contribution in [0.2, 0.25) is 0 Å². The number of carbonyl (C=O) groups is 1. The monoisotopic (exact) mass is 242 g/mol. The fourth-order valence-electron chi connectivity index (χ4n) is 1.77. The zero-order valence-corrected chi connectivity index (χ0v) is 10.7. The average molecular weight is 242 g/mol. The van der Waals surface area contributed by atoms with Gasteiger partial charge in [-0.05, 0) is 32.5 Å². The number of hydrogen-bond donors (Lipinski definition) is 2. The van der Waals surface area contributed by atoms with Gasteiger partial charge in [0.15, 0.2) is 5.11 Å². The number of nitrogens with one attached hydrogen (secondary N) is 2. The molecule has 4 nitrogen and oxygen atoms in total. The van der Waals surface area contributed by atoms with Crippen molar-refractivity contribution in [1.82, 2.24) is 10.6 Å². The van der Waals surface area contributed by atoms with Crippen molar-refractivity contribution in [3.05, 3.63) is 11.3 Å². The zero-order chi connectivity index (χ0) is 12.1. The molecule has 0 unspecified atom stereocenters. The molecule has 0 saturated carbocycles. The quantitative estimate of drug-likeness (QED) is 0.577. The highest BCUT2D eigenvalue weighted by Crippen LogP contribution is 2.17. The molecule has 1 aliphatic rings. The fraction of sp³-hybridized carbons (Fsp3) is 0.636. The van der Waals surface area contributed by atoms with E-state index in [1.165, 1.54) is 0 Å². The van der Waals surface area contributed by atoms with Crippen molar-refractivity contribution in [2.45, 2.75) is 39.7 Å². The van der Waals surface area contributed by atoms with Crippen molar-refractivity contribution >= 4 is 23.3 Å². The minimum absolute atomic E-state index is 0.0298. The van der Waals surface area contributed by atoms with Crippen LogP contribution in [0, 0.1) is 0 Å². The van der Waals surface area contributed by atoms with Crippen LogP contribution in [0.15, 0.2) is 11.3 Å². The van der Waals surface area contributed by atoms with Gasteiger partial charge in [0.1, 0.15) is 0 Å². The van der Waals surface area contributed by atoms with Gasteiger partial charge in [-0.2, -0.15) is 0 Å². The van der Waals surface area contributed by atoms with E-state index < -0.39 is 0 Å². The second-order valence-electron chi connectivity index (χ2n) is 3.70. The van der Waals surface area contributed by atoms with Crippen LogP contribution in [0.5, 0.6) is 0 Å². The Kier molecular flexibility index (Phi) is 4.73. The first kappa shape index (κ1) is 13.0. The topological polar surface area (TPSA) is 50.4 Å². The summed E-state index contributed by atoms with van der Waals surface area (Å²) in [5.41, 5.74) is 1.46. The first-order valence-electron chi connectivity index (χ1n) is 5.55. The van der Waals surface area contributed by atoms with Crippen molar-refractivity contribution in [3.63, 3.8) is 0 Å². The second-order valence-corrected chi connectivity index (χ2v) is 4.11. The summed E-state index contributed by atoms with van der Waals surface area (Å²) in [4.78, 5) is 11.8. The van der Waals surface area contributed by atoms with Gasteiger partial charge in [0.25, 0.3) is 0 Å². The molecule has 0 spiro atoms. The maximum atomic E-state index is 11.8. The molecule has 0 aliphatic carbocycles. The van der Waals surface area contributed by atoms with E-state index in [1.54, 1.807) is 6.92 Å². The van der Waals surface area contributed by atoms with E-state index in [2.05, 4.69) is 17.6 Å². The summed E-state index contributed by atoms with van der Waals surface area (Å²) in [6.45, 7) is 6.11. The van der Waals surface area contributed by atoms with Crippen LogP contribution < -0.4 is 10.6 Å². The van der Waals surface area contributed by atoms with E-state index in [-0.39, 0.29) is 12.0 Å². The van der Waals surface area contributed by atoms with Gasteiger partial charge >= 0.3 is 5.97 Å². The van der Waals surface area contributed by atoms with Gasteiger partial charge in [-0.25, -0.2) is 4.79 Å². The molecule has 0 radical (unpaired) electrons. The van der Waals surface area contributed by atoms with Crippen molar-refractivity contribution in [1.29, 1.82) is 0 Å². The lowest BCUT2D eigenvalue weighted by Gasteiger charge is -2.29. The Bertz CT molecular complexity index is 326. The van der Waals surface area contributed by atoms with E-state index in [1.807, 2.05) is 6.92 Å². The minimum atomic E-state index is -0.263. The van der Waals surface area contributed by atoms with Crippen LogP contribution in [0.1, 0.15) is 33.6 Å². The SMILES string of the molecule is CCC[C@H]1NC(=S)NC(C)=C1C(=O)OCC. The number of ether oxygens (including phenoxy) is 1. The average Bonchev–Trinajstić information content (AvgIpc) is 2.17. The number of esters is 1. The van der Waals surface area contributed by atoms with Crippen LogP contribution in [0.3, 0.4) is 0 Å². The molecule has 2 N–H and O–H groups in total. The zero-order valence-electron chi connectivity index (χ0n) is 9.92. The third kappa shape index (κ3) is 2.95. The molecule has 0 aromatic carbocycles. The molecule has 0 saturated heterocycles. The van der Waals surface area contributed by atoms with Gasteiger partial charge < -0.3 is 15.4 Å². The number of carbonyl (C=O) groups excluding carboxylic acids is 1. The number of rotatable bonds is 4. The van der Waals surface area contributed by atoms with Gasteiger partial charge in [-0.15, -0.1) is 0 Å². The molecule has 0 amide bonds. The number of allylic oxidation sites excluding steroid dienone is 1. The second kappa shape index (κ2) is 5.84. The van der Waals surface area contributed by atoms with Crippen LogP contribution >= 0.6 is 12.2 Å². The van der Waals surface area contributed by atoms with Gasteiger partial charge in [0.05, 0.1) is 18.2 Å². The van der Waals surface area contributed by atoms with Gasteiger partial charge in [-0.3, -0.25) is 0 Å². The third-order valence-corrected chi connectivity index (χ3v) is 2.65. The van der Waals surface area contributed by atoms with Crippen molar-refractivity contribution < 1.29 is 9.53 Å². The molecule has 16 heavy (non-hydrogen) atoms. The van der Waals surface area contributed by atoms with Crippen molar-refractivity contribution in [3.8, 4) is 0 Å². The Balaban J connectivity index is 2.92. The lowest BCUT2D eigenvalue weighted by Crippen LogP contribution is -2.49. The van der Waals surface area contributed by atoms with Crippen LogP contribution in [-0.4, -0.2) is 23.7 Å².